The van der Waals surface area contributed by atoms with Crippen LogP contribution in [0.4, 0.5) is 0 Å². The zero-order chi connectivity index (χ0) is 20.5. The van der Waals surface area contributed by atoms with Crippen molar-refractivity contribution in [2.75, 3.05) is 26.2 Å². The zero-order valence-electron chi connectivity index (χ0n) is 16.5. The van der Waals surface area contributed by atoms with Gasteiger partial charge in [-0.1, -0.05) is 31.4 Å². The van der Waals surface area contributed by atoms with Crippen LogP contribution < -0.4 is 5.11 Å². The Morgan fingerprint density at radius 2 is 1.26 bits per heavy atom. The van der Waals surface area contributed by atoms with E-state index in [9.17, 15) is 19.5 Å². The molecule has 0 spiro atoms. The summed E-state index contributed by atoms with van der Waals surface area (Å²) in [5.41, 5.74) is 0. The highest BCUT2D eigenvalue weighted by molar-refractivity contribution is 5.67. The number of hydrogen-bond acceptors (Lipinski definition) is 4. The number of nitrogens with zero attached hydrogens (tertiary/aromatic N) is 1. The largest absolute Gasteiger partial charge is 0.550 e. The predicted molar refractivity (Wildman–Crippen MR) is 101 cm³/mol. The molecule has 0 aliphatic heterocycles. The molecule has 156 valence electrons. The van der Waals surface area contributed by atoms with E-state index in [0.717, 1.165) is 32.1 Å². The molecule has 27 heavy (non-hydrogen) atoms. The van der Waals surface area contributed by atoms with Gasteiger partial charge in [0.25, 0.3) is 0 Å². The topological polar surface area (TPSA) is 115 Å². The quantitative estimate of drug-likeness (QED) is 0.212. The Kier molecular flexibility index (Phi) is 14.1. The minimum Gasteiger partial charge on any atom is -0.550 e. The van der Waals surface area contributed by atoms with Crippen molar-refractivity contribution >= 4 is 17.9 Å². The molecule has 7 heteroatoms. The third-order valence-electron chi connectivity index (χ3n) is 4.88. The maximum Gasteiger partial charge on any atom is 0.309 e. The van der Waals surface area contributed by atoms with Crippen LogP contribution in [0.3, 0.4) is 0 Å². The summed E-state index contributed by atoms with van der Waals surface area (Å²) >= 11 is 0. The van der Waals surface area contributed by atoms with Crippen LogP contribution in [0.25, 0.3) is 0 Å². The van der Waals surface area contributed by atoms with Gasteiger partial charge < -0.3 is 24.6 Å². The van der Waals surface area contributed by atoms with Gasteiger partial charge in [-0.2, -0.15) is 0 Å². The number of carboxylic acids is 3. The summed E-state index contributed by atoms with van der Waals surface area (Å²) in [6, 6.07) is 0. The second-order valence-corrected chi connectivity index (χ2v) is 7.12. The molecule has 0 aliphatic carbocycles. The fraction of sp³-hybridized carbons (Fsp3) is 0.750. The minimum atomic E-state index is -1.19. The first-order chi connectivity index (χ1) is 12.8. The molecule has 0 radical (unpaired) electrons. The van der Waals surface area contributed by atoms with E-state index in [1.165, 1.54) is 12.8 Å². The Balaban J connectivity index is 4.55. The molecule has 0 aromatic heterocycles. The Bertz CT molecular complexity index is 430. The van der Waals surface area contributed by atoms with Crippen molar-refractivity contribution in [2.24, 2.45) is 0 Å². The lowest BCUT2D eigenvalue weighted by Gasteiger charge is -2.38. The molecule has 0 aromatic rings. The summed E-state index contributed by atoms with van der Waals surface area (Å²) in [6.07, 6.45) is 11.3. The Morgan fingerprint density at radius 1 is 0.778 bits per heavy atom. The maximum absolute atomic E-state index is 11.0. The van der Waals surface area contributed by atoms with Crippen molar-refractivity contribution in [3.63, 3.8) is 0 Å². The van der Waals surface area contributed by atoms with E-state index in [1.807, 2.05) is 6.92 Å². The first-order valence-corrected chi connectivity index (χ1v) is 9.91. The highest BCUT2D eigenvalue weighted by Gasteiger charge is 2.28. The van der Waals surface area contributed by atoms with Crippen molar-refractivity contribution in [3.8, 4) is 0 Å². The number of quaternary nitrogens is 1. The first kappa shape index (κ1) is 25.1. The molecule has 0 amide bonds. The van der Waals surface area contributed by atoms with Gasteiger partial charge in [-0.05, 0) is 32.6 Å². The van der Waals surface area contributed by atoms with Crippen LogP contribution in [0.5, 0.6) is 0 Å². The summed E-state index contributed by atoms with van der Waals surface area (Å²) in [4.78, 5) is 32.9. The van der Waals surface area contributed by atoms with E-state index < -0.39 is 17.9 Å². The van der Waals surface area contributed by atoms with Gasteiger partial charge in [0, 0.05) is 12.4 Å². The first-order valence-electron chi connectivity index (χ1n) is 9.91. The van der Waals surface area contributed by atoms with Gasteiger partial charge in [-0.25, -0.2) is 0 Å². The molecule has 0 unspecified atom stereocenters. The number of allylic oxidation sites excluding steroid dienone is 2. The fourth-order valence-electron chi connectivity index (χ4n) is 3.25. The molecule has 0 rings (SSSR count). The van der Waals surface area contributed by atoms with Crippen LogP contribution in [0.15, 0.2) is 12.2 Å². The van der Waals surface area contributed by atoms with Gasteiger partial charge >= 0.3 is 11.9 Å². The zero-order valence-corrected chi connectivity index (χ0v) is 16.5. The van der Waals surface area contributed by atoms with Crippen LogP contribution in [-0.4, -0.2) is 58.8 Å². The average Bonchev–Trinajstić information content (AvgIpc) is 2.61. The third-order valence-corrected chi connectivity index (χ3v) is 4.88. The molecular formula is C20H35NO6. The van der Waals surface area contributed by atoms with Crippen molar-refractivity contribution < 1.29 is 34.2 Å². The predicted octanol–water partition coefficient (Wildman–Crippen LogP) is 2.20. The standard InChI is InChI=1S/C20H35NO6/c1-2-3-4-5-6-7-8-9-10-14-21(15-11-18(22)23,16-12-19(24)25)17-13-20(26)27/h2-3H,4-17H2,1H3,(H2-,22,23,24,25,26,27)/b3-2+. The van der Waals surface area contributed by atoms with Crippen LogP contribution in [0.2, 0.25) is 0 Å². The van der Waals surface area contributed by atoms with E-state index in [1.54, 1.807) is 0 Å². The van der Waals surface area contributed by atoms with Crippen molar-refractivity contribution in [1.29, 1.82) is 0 Å². The summed E-state index contributed by atoms with van der Waals surface area (Å²) in [5.74, 6) is -3.10. The van der Waals surface area contributed by atoms with E-state index in [4.69, 9.17) is 10.2 Å². The summed E-state index contributed by atoms with van der Waals surface area (Å²) in [7, 11) is 0. The third kappa shape index (κ3) is 14.9. The van der Waals surface area contributed by atoms with Crippen molar-refractivity contribution in [2.45, 2.75) is 71.1 Å². The van der Waals surface area contributed by atoms with Crippen molar-refractivity contribution in [1.82, 2.24) is 0 Å². The van der Waals surface area contributed by atoms with Crippen LogP contribution in [0.1, 0.15) is 71.1 Å². The van der Waals surface area contributed by atoms with Crippen molar-refractivity contribution in [3.05, 3.63) is 12.2 Å². The molecule has 0 saturated heterocycles. The van der Waals surface area contributed by atoms with Gasteiger partial charge in [-0.15, -0.1) is 0 Å². The van der Waals surface area contributed by atoms with Gasteiger partial charge in [0.1, 0.15) is 0 Å². The van der Waals surface area contributed by atoms with E-state index in [0.29, 0.717) is 6.54 Å². The highest BCUT2D eigenvalue weighted by Crippen LogP contribution is 2.16. The molecule has 0 heterocycles. The molecule has 2 N–H and O–H groups in total. The van der Waals surface area contributed by atoms with E-state index in [2.05, 4.69) is 12.2 Å². The van der Waals surface area contributed by atoms with Gasteiger partial charge in [-0.3, -0.25) is 9.59 Å². The number of unbranched alkanes of at least 4 members (excludes halogenated alkanes) is 6. The van der Waals surface area contributed by atoms with Crippen LogP contribution >= 0.6 is 0 Å². The second-order valence-electron chi connectivity index (χ2n) is 7.12. The van der Waals surface area contributed by atoms with Crippen LogP contribution in [0, 0.1) is 0 Å². The summed E-state index contributed by atoms with van der Waals surface area (Å²) in [5, 5.41) is 28.9. The number of carbonyl (C=O) groups is 3. The number of rotatable bonds is 18. The Hall–Kier alpha value is -1.89. The van der Waals surface area contributed by atoms with Gasteiger partial charge in [0.2, 0.25) is 0 Å². The summed E-state index contributed by atoms with van der Waals surface area (Å²) in [6.45, 7) is 3.33. The molecule has 0 atom stereocenters. The van der Waals surface area contributed by atoms with E-state index in [-0.39, 0.29) is 43.4 Å². The normalized spacial score (nSPS) is 11.7. The SMILES string of the molecule is C/C=C/CCCCCCCC[N+](CCC(=O)[O-])(CCC(=O)O)CCC(=O)O. The molecule has 7 nitrogen and oxygen atoms in total. The molecule has 0 fully saturated rings. The number of hydrogen-bond donors (Lipinski definition) is 2. The maximum atomic E-state index is 11.0. The lowest BCUT2D eigenvalue weighted by molar-refractivity contribution is -0.927. The molecule has 0 aromatic carbocycles. The number of carboxylic acid groups (broad SMARTS) is 3. The second kappa shape index (κ2) is 15.2. The Morgan fingerprint density at radius 3 is 1.74 bits per heavy atom. The Labute approximate surface area is 162 Å². The summed E-state index contributed by atoms with van der Waals surface area (Å²) < 4.78 is 0.216. The smallest absolute Gasteiger partial charge is 0.309 e. The average molecular weight is 386 g/mol. The minimum absolute atomic E-state index is 0.0996. The molecule has 0 saturated carbocycles. The molecular weight excluding hydrogens is 350 g/mol. The number of aliphatic carboxylic acids is 3. The molecule has 0 aliphatic rings. The number of carbonyl (C=O) groups excluding carboxylic acids is 1. The van der Waals surface area contributed by atoms with Gasteiger partial charge in [0.15, 0.2) is 0 Å². The van der Waals surface area contributed by atoms with Crippen LogP contribution in [-0.2, 0) is 14.4 Å². The monoisotopic (exact) mass is 385 g/mol. The fourth-order valence-corrected chi connectivity index (χ4v) is 3.25. The van der Waals surface area contributed by atoms with E-state index >= 15 is 0 Å². The van der Waals surface area contributed by atoms with Gasteiger partial charge in [0.05, 0.1) is 39.0 Å². The lowest BCUT2D eigenvalue weighted by Crippen LogP contribution is -2.53. The highest BCUT2D eigenvalue weighted by atomic mass is 16.4. The lowest BCUT2D eigenvalue weighted by atomic mass is 10.1. The molecule has 0 bridgehead atoms.